The normalized spacial score (nSPS) is 22.5. The van der Waals surface area contributed by atoms with Gasteiger partial charge < -0.3 is 15.2 Å². The van der Waals surface area contributed by atoms with Crippen LogP contribution in [0.25, 0.3) is 0 Å². The summed E-state index contributed by atoms with van der Waals surface area (Å²) < 4.78 is 5.25. The number of amides is 1. The first kappa shape index (κ1) is 12.5. The Morgan fingerprint density at radius 3 is 2.87 bits per heavy atom. The molecule has 0 aromatic heterocycles. The van der Waals surface area contributed by atoms with Crippen LogP contribution in [0.3, 0.4) is 0 Å². The first-order chi connectivity index (χ1) is 7.05. The lowest BCUT2D eigenvalue weighted by Crippen LogP contribution is -2.41. The number of aliphatic hydroxyl groups excluding tert-OH is 1. The summed E-state index contributed by atoms with van der Waals surface area (Å²) in [5.41, 5.74) is -0.245. The molecule has 1 heterocycles. The SMILES string of the molecule is CC(C)(CO)CNC(=O)C1CCCOC1. The van der Waals surface area contributed by atoms with Gasteiger partial charge in [0.1, 0.15) is 0 Å². The van der Waals surface area contributed by atoms with Crippen LogP contribution in [0.2, 0.25) is 0 Å². The summed E-state index contributed by atoms with van der Waals surface area (Å²) >= 11 is 0. The zero-order valence-electron chi connectivity index (χ0n) is 9.58. The minimum atomic E-state index is -0.245. The molecule has 15 heavy (non-hydrogen) atoms. The smallest absolute Gasteiger partial charge is 0.225 e. The van der Waals surface area contributed by atoms with Crippen LogP contribution in [-0.4, -0.2) is 37.4 Å². The minimum Gasteiger partial charge on any atom is -0.396 e. The molecule has 1 aliphatic heterocycles. The Kier molecular flexibility index (Phi) is 4.54. The molecular weight excluding hydrogens is 194 g/mol. The number of hydrogen-bond donors (Lipinski definition) is 2. The molecule has 0 radical (unpaired) electrons. The fraction of sp³-hybridized carbons (Fsp3) is 0.909. The number of nitrogens with one attached hydrogen (secondary N) is 1. The molecule has 1 unspecified atom stereocenters. The van der Waals surface area contributed by atoms with Crippen molar-refractivity contribution < 1.29 is 14.6 Å². The van der Waals surface area contributed by atoms with Crippen molar-refractivity contribution in [3.63, 3.8) is 0 Å². The quantitative estimate of drug-likeness (QED) is 0.720. The molecule has 4 heteroatoms. The molecule has 0 bridgehead atoms. The van der Waals surface area contributed by atoms with Crippen LogP contribution in [0.4, 0.5) is 0 Å². The molecule has 2 N–H and O–H groups in total. The third-order valence-corrected chi connectivity index (χ3v) is 2.70. The van der Waals surface area contributed by atoms with Crippen molar-refractivity contribution in [1.82, 2.24) is 5.32 Å². The average molecular weight is 215 g/mol. The number of hydrogen-bond acceptors (Lipinski definition) is 3. The molecule has 1 amide bonds. The van der Waals surface area contributed by atoms with E-state index in [1.807, 2.05) is 13.8 Å². The molecule has 0 saturated carbocycles. The topological polar surface area (TPSA) is 58.6 Å². The van der Waals surface area contributed by atoms with E-state index < -0.39 is 0 Å². The van der Waals surface area contributed by atoms with Crippen LogP contribution in [-0.2, 0) is 9.53 Å². The second kappa shape index (κ2) is 5.47. The highest BCUT2D eigenvalue weighted by Crippen LogP contribution is 2.15. The van der Waals surface area contributed by atoms with Gasteiger partial charge in [-0.25, -0.2) is 0 Å². The number of ether oxygens (including phenoxy) is 1. The van der Waals surface area contributed by atoms with E-state index in [9.17, 15) is 4.79 Å². The Morgan fingerprint density at radius 1 is 1.60 bits per heavy atom. The first-order valence-electron chi connectivity index (χ1n) is 5.51. The Bertz CT molecular complexity index is 210. The van der Waals surface area contributed by atoms with Crippen molar-refractivity contribution in [2.75, 3.05) is 26.4 Å². The molecule has 0 spiro atoms. The lowest BCUT2D eigenvalue weighted by molar-refractivity contribution is -0.129. The highest BCUT2D eigenvalue weighted by Gasteiger charge is 2.24. The lowest BCUT2D eigenvalue weighted by Gasteiger charge is -2.25. The summed E-state index contributed by atoms with van der Waals surface area (Å²) in [5, 5.41) is 11.9. The minimum absolute atomic E-state index is 0.00626. The van der Waals surface area contributed by atoms with Gasteiger partial charge in [0, 0.05) is 25.2 Å². The Morgan fingerprint density at radius 2 is 2.33 bits per heavy atom. The Hall–Kier alpha value is -0.610. The number of carbonyl (C=O) groups is 1. The van der Waals surface area contributed by atoms with Crippen molar-refractivity contribution in [3.05, 3.63) is 0 Å². The van der Waals surface area contributed by atoms with E-state index in [1.165, 1.54) is 0 Å². The molecule has 1 saturated heterocycles. The number of aliphatic hydroxyl groups is 1. The van der Waals surface area contributed by atoms with E-state index in [0.29, 0.717) is 13.2 Å². The summed E-state index contributed by atoms with van der Waals surface area (Å²) in [4.78, 5) is 11.7. The van der Waals surface area contributed by atoms with Gasteiger partial charge in [-0.3, -0.25) is 4.79 Å². The van der Waals surface area contributed by atoms with E-state index >= 15 is 0 Å². The van der Waals surface area contributed by atoms with Gasteiger partial charge in [0.15, 0.2) is 0 Å². The van der Waals surface area contributed by atoms with Gasteiger partial charge in [0.05, 0.1) is 12.5 Å². The Labute approximate surface area is 91.0 Å². The summed E-state index contributed by atoms with van der Waals surface area (Å²) in [5.74, 6) is 0.0458. The second-order valence-corrected chi connectivity index (χ2v) is 4.95. The largest absolute Gasteiger partial charge is 0.396 e. The summed E-state index contributed by atoms with van der Waals surface area (Å²) in [6.07, 6.45) is 1.87. The zero-order valence-corrected chi connectivity index (χ0v) is 9.58. The van der Waals surface area contributed by atoms with Crippen molar-refractivity contribution in [2.24, 2.45) is 11.3 Å². The molecule has 4 nitrogen and oxygen atoms in total. The fourth-order valence-corrected chi connectivity index (χ4v) is 1.47. The predicted molar refractivity (Wildman–Crippen MR) is 57.4 cm³/mol. The van der Waals surface area contributed by atoms with Crippen LogP contribution in [0.1, 0.15) is 26.7 Å². The number of rotatable bonds is 4. The number of carbonyl (C=O) groups excluding carboxylic acids is 1. The molecule has 1 rings (SSSR count). The molecular formula is C11H21NO3. The van der Waals surface area contributed by atoms with Crippen LogP contribution in [0.15, 0.2) is 0 Å². The molecule has 88 valence electrons. The summed E-state index contributed by atoms with van der Waals surface area (Å²) in [6, 6.07) is 0. The highest BCUT2D eigenvalue weighted by atomic mass is 16.5. The van der Waals surface area contributed by atoms with Crippen molar-refractivity contribution in [3.8, 4) is 0 Å². The predicted octanol–water partition coefficient (Wildman–Crippen LogP) is 0.548. The molecule has 0 aliphatic carbocycles. The maximum Gasteiger partial charge on any atom is 0.225 e. The van der Waals surface area contributed by atoms with Gasteiger partial charge in [0.25, 0.3) is 0 Å². The van der Waals surface area contributed by atoms with E-state index in [4.69, 9.17) is 9.84 Å². The lowest BCUT2D eigenvalue weighted by atomic mass is 9.94. The fourth-order valence-electron chi connectivity index (χ4n) is 1.47. The van der Waals surface area contributed by atoms with Gasteiger partial charge in [-0.15, -0.1) is 0 Å². The van der Waals surface area contributed by atoms with Gasteiger partial charge in [-0.05, 0) is 12.8 Å². The second-order valence-electron chi connectivity index (χ2n) is 4.95. The third-order valence-electron chi connectivity index (χ3n) is 2.70. The maximum absolute atomic E-state index is 11.7. The van der Waals surface area contributed by atoms with E-state index in [1.54, 1.807) is 0 Å². The zero-order chi connectivity index (χ0) is 11.3. The first-order valence-corrected chi connectivity index (χ1v) is 5.51. The molecule has 1 fully saturated rings. The summed E-state index contributed by atoms with van der Waals surface area (Å²) in [7, 11) is 0. The van der Waals surface area contributed by atoms with Crippen LogP contribution >= 0.6 is 0 Å². The standard InChI is InChI=1S/C11H21NO3/c1-11(2,8-13)7-12-10(14)9-4-3-5-15-6-9/h9,13H,3-8H2,1-2H3,(H,12,14). The van der Waals surface area contributed by atoms with E-state index in [2.05, 4.69) is 5.32 Å². The van der Waals surface area contributed by atoms with Crippen LogP contribution < -0.4 is 5.32 Å². The molecule has 0 aromatic carbocycles. The molecule has 1 aliphatic rings. The van der Waals surface area contributed by atoms with Gasteiger partial charge >= 0.3 is 0 Å². The monoisotopic (exact) mass is 215 g/mol. The van der Waals surface area contributed by atoms with Gasteiger partial charge in [-0.2, -0.15) is 0 Å². The van der Waals surface area contributed by atoms with Gasteiger partial charge in [-0.1, -0.05) is 13.8 Å². The van der Waals surface area contributed by atoms with Crippen LogP contribution in [0, 0.1) is 11.3 Å². The van der Waals surface area contributed by atoms with Crippen LogP contribution in [0.5, 0.6) is 0 Å². The van der Waals surface area contributed by atoms with Gasteiger partial charge in [0.2, 0.25) is 5.91 Å². The van der Waals surface area contributed by atoms with Crippen molar-refractivity contribution in [1.29, 1.82) is 0 Å². The van der Waals surface area contributed by atoms with E-state index in [0.717, 1.165) is 19.4 Å². The molecule has 1 atom stereocenters. The van der Waals surface area contributed by atoms with E-state index in [-0.39, 0.29) is 23.8 Å². The maximum atomic E-state index is 11.7. The third kappa shape index (κ3) is 4.18. The average Bonchev–Trinajstić information content (AvgIpc) is 2.27. The molecule has 0 aromatic rings. The van der Waals surface area contributed by atoms with Crippen molar-refractivity contribution in [2.45, 2.75) is 26.7 Å². The van der Waals surface area contributed by atoms with Crippen molar-refractivity contribution >= 4 is 5.91 Å². The summed E-state index contributed by atoms with van der Waals surface area (Å²) in [6.45, 7) is 5.74. The highest BCUT2D eigenvalue weighted by molar-refractivity contribution is 5.78. The Balaban J connectivity index is 2.28.